The zero-order chi connectivity index (χ0) is 16.7. The summed E-state index contributed by atoms with van der Waals surface area (Å²) in [6.45, 7) is 2.24. The van der Waals surface area contributed by atoms with Gasteiger partial charge in [-0.1, -0.05) is 30.3 Å². The summed E-state index contributed by atoms with van der Waals surface area (Å²) < 4.78 is 0. The summed E-state index contributed by atoms with van der Waals surface area (Å²) in [6.07, 6.45) is 3.19. The number of nitrogens with one attached hydrogen (secondary N) is 2. The highest BCUT2D eigenvalue weighted by Gasteiger charge is 2.13. The lowest BCUT2D eigenvalue weighted by Gasteiger charge is -2.14. The van der Waals surface area contributed by atoms with Crippen molar-refractivity contribution in [1.29, 1.82) is 0 Å². The largest absolute Gasteiger partial charge is 0.476 e. The number of rotatable bonds is 7. The van der Waals surface area contributed by atoms with Crippen molar-refractivity contribution in [3.05, 3.63) is 54.0 Å². The van der Waals surface area contributed by atoms with Gasteiger partial charge >= 0.3 is 5.97 Å². The Morgan fingerprint density at radius 1 is 1.17 bits per heavy atom. The molecule has 0 saturated carbocycles. The Hall–Kier alpha value is -2.96. The molecular formula is C16H18N4O3. The van der Waals surface area contributed by atoms with Gasteiger partial charge in [0.05, 0.1) is 12.4 Å². The molecule has 3 N–H and O–H groups in total. The first-order valence-corrected chi connectivity index (χ1v) is 7.20. The van der Waals surface area contributed by atoms with Crippen molar-refractivity contribution in [3.63, 3.8) is 0 Å². The fourth-order valence-corrected chi connectivity index (χ4v) is 1.93. The molecule has 0 spiro atoms. The van der Waals surface area contributed by atoms with E-state index < -0.39 is 12.0 Å². The minimum absolute atomic E-state index is 0.143. The highest BCUT2D eigenvalue weighted by atomic mass is 16.4. The smallest absolute Gasteiger partial charge is 0.356 e. The van der Waals surface area contributed by atoms with Gasteiger partial charge in [0.25, 0.3) is 0 Å². The number of hydrogen-bond donors (Lipinski definition) is 3. The Morgan fingerprint density at radius 2 is 1.91 bits per heavy atom. The normalized spacial score (nSPS) is 11.5. The van der Waals surface area contributed by atoms with E-state index in [1.807, 2.05) is 30.3 Å². The zero-order valence-corrected chi connectivity index (χ0v) is 12.7. The number of hydrogen-bond acceptors (Lipinski definition) is 5. The van der Waals surface area contributed by atoms with Crippen LogP contribution in [0.2, 0.25) is 0 Å². The summed E-state index contributed by atoms with van der Waals surface area (Å²) in [7, 11) is 0. The molecule has 1 atom stereocenters. The fourth-order valence-electron chi connectivity index (χ4n) is 1.93. The molecule has 1 amide bonds. The second kappa shape index (κ2) is 7.88. The molecule has 1 aromatic heterocycles. The lowest BCUT2D eigenvalue weighted by molar-refractivity contribution is -0.121. The molecule has 2 aromatic rings. The summed E-state index contributed by atoms with van der Waals surface area (Å²) in [6, 6.07) is 9.38. The van der Waals surface area contributed by atoms with Crippen molar-refractivity contribution in [2.24, 2.45) is 0 Å². The van der Waals surface area contributed by atoms with Crippen LogP contribution in [0.25, 0.3) is 0 Å². The first-order valence-electron chi connectivity index (χ1n) is 7.20. The van der Waals surface area contributed by atoms with Crippen LogP contribution in [0.1, 0.15) is 23.0 Å². The van der Waals surface area contributed by atoms with Gasteiger partial charge in [0.2, 0.25) is 5.91 Å². The van der Waals surface area contributed by atoms with Crippen molar-refractivity contribution < 1.29 is 14.7 Å². The third-order valence-electron chi connectivity index (χ3n) is 3.18. The first kappa shape index (κ1) is 16.4. The standard InChI is InChI=1S/C16H18N4O3/c1-11(20-14-10-18-13(9-19-14)16(22)23)15(21)17-8-7-12-5-3-2-4-6-12/h2-6,9-11H,7-8H2,1H3,(H,17,21)(H,19,20)(H,22,23)/t11-/m1/s1. The van der Waals surface area contributed by atoms with Crippen LogP contribution in [0.5, 0.6) is 0 Å². The molecular weight excluding hydrogens is 296 g/mol. The first-order chi connectivity index (χ1) is 11.1. The SMILES string of the molecule is C[C@@H](Nc1cnc(C(=O)O)cn1)C(=O)NCCc1ccccc1. The van der Waals surface area contributed by atoms with E-state index >= 15 is 0 Å². The van der Waals surface area contributed by atoms with Gasteiger partial charge in [0.1, 0.15) is 11.9 Å². The Labute approximate surface area is 133 Å². The van der Waals surface area contributed by atoms with Gasteiger partial charge in [-0.3, -0.25) is 4.79 Å². The number of anilines is 1. The number of benzene rings is 1. The molecule has 7 nitrogen and oxygen atoms in total. The number of aromatic carboxylic acids is 1. The average molecular weight is 314 g/mol. The Kier molecular flexibility index (Phi) is 5.62. The molecule has 0 aliphatic heterocycles. The molecule has 0 aliphatic carbocycles. The van der Waals surface area contributed by atoms with Crippen molar-refractivity contribution in [3.8, 4) is 0 Å². The third kappa shape index (κ3) is 5.06. The van der Waals surface area contributed by atoms with Gasteiger partial charge in [0.15, 0.2) is 5.69 Å². The highest BCUT2D eigenvalue weighted by molar-refractivity contribution is 5.85. The topological polar surface area (TPSA) is 104 Å². The van der Waals surface area contributed by atoms with Crippen LogP contribution < -0.4 is 10.6 Å². The van der Waals surface area contributed by atoms with Crippen LogP contribution in [0.4, 0.5) is 5.82 Å². The van der Waals surface area contributed by atoms with E-state index in [2.05, 4.69) is 20.6 Å². The van der Waals surface area contributed by atoms with Crippen LogP contribution in [0.15, 0.2) is 42.7 Å². The molecule has 1 heterocycles. The lowest BCUT2D eigenvalue weighted by atomic mass is 10.1. The van der Waals surface area contributed by atoms with Crippen LogP contribution in [0, 0.1) is 0 Å². The quantitative estimate of drug-likeness (QED) is 0.712. The number of amides is 1. The molecule has 0 saturated heterocycles. The number of aromatic nitrogens is 2. The fraction of sp³-hybridized carbons (Fsp3) is 0.250. The number of carboxylic acid groups (broad SMARTS) is 1. The highest BCUT2D eigenvalue weighted by Crippen LogP contribution is 2.04. The summed E-state index contributed by atoms with van der Waals surface area (Å²) in [5.41, 5.74) is 1.01. The van der Waals surface area contributed by atoms with Gasteiger partial charge in [0, 0.05) is 6.54 Å². The molecule has 7 heteroatoms. The van der Waals surface area contributed by atoms with E-state index in [-0.39, 0.29) is 11.6 Å². The maximum Gasteiger partial charge on any atom is 0.356 e. The minimum atomic E-state index is -1.14. The number of carbonyl (C=O) groups excluding carboxylic acids is 1. The van der Waals surface area contributed by atoms with Crippen molar-refractivity contribution in [1.82, 2.24) is 15.3 Å². The van der Waals surface area contributed by atoms with E-state index in [4.69, 9.17) is 5.11 Å². The van der Waals surface area contributed by atoms with Crippen molar-refractivity contribution >= 4 is 17.7 Å². The van der Waals surface area contributed by atoms with Gasteiger partial charge in [-0.25, -0.2) is 14.8 Å². The molecule has 0 radical (unpaired) electrons. The number of carbonyl (C=O) groups is 2. The van der Waals surface area contributed by atoms with Gasteiger partial charge in [-0.15, -0.1) is 0 Å². The summed E-state index contributed by atoms with van der Waals surface area (Å²) >= 11 is 0. The van der Waals surface area contributed by atoms with Crippen LogP contribution in [-0.4, -0.2) is 39.5 Å². The van der Waals surface area contributed by atoms with E-state index in [1.54, 1.807) is 6.92 Å². The molecule has 0 bridgehead atoms. The van der Waals surface area contributed by atoms with Crippen molar-refractivity contribution in [2.75, 3.05) is 11.9 Å². The van der Waals surface area contributed by atoms with Gasteiger partial charge < -0.3 is 15.7 Å². The Morgan fingerprint density at radius 3 is 2.52 bits per heavy atom. The maximum atomic E-state index is 12.0. The Balaban J connectivity index is 1.79. The minimum Gasteiger partial charge on any atom is -0.476 e. The molecule has 120 valence electrons. The van der Waals surface area contributed by atoms with Gasteiger partial charge in [-0.05, 0) is 18.9 Å². The summed E-state index contributed by atoms with van der Waals surface area (Å²) in [5.74, 6) is -0.957. The van der Waals surface area contributed by atoms with Crippen LogP contribution in [0.3, 0.4) is 0 Å². The van der Waals surface area contributed by atoms with E-state index in [1.165, 1.54) is 6.20 Å². The van der Waals surface area contributed by atoms with Crippen molar-refractivity contribution in [2.45, 2.75) is 19.4 Å². The number of carboxylic acids is 1. The van der Waals surface area contributed by atoms with Crippen LogP contribution in [-0.2, 0) is 11.2 Å². The monoisotopic (exact) mass is 314 g/mol. The second-order valence-corrected chi connectivity index (χ2v) is 4.98. The lowest BCUT2D eigenvalue weighted by Crippen LogP contribution is -2.38. The predicted molar refractivity (Wildman–Crippen MR) is 85.2 cm³/mol. The van der Waals surface area contributed by atoms with E-state index in [9.17, 15) is 9.59 Å². The molecule has 1 aromatic carbocycles. The molecule has 2 rings (SSSR count). The number of nitrogens with zero attached hydrogens (tertiary/aromatic N) is 2. The van der Waals surface area contributed by atoms with E-state index in [0.717, 1.165) is 18.2 Å². The molecule has 23 heavy (non-hydrogen) atoms. The zero-order valence-electron chi connectivity index (χ0n) is 12.7. The maximum absolute atomic E-state index is 12.0. The van der Waals surface area contributed by atoms with E-state index in [0.29, 0.717) is 12.4 Å². The Bertz CT molecular complexity index is 659. The molecule has 0 fully saturated rings. The summed E-state index contributed by atoms with van der Waals surface area (Å²) in [4.78, 5) is 30.3. The predicted octanol–water partition coefficient (Wildman–Crippen LogP) is 1.33. The second-order valence-electron chi connectivity index (χ2n) is 4.98. The van der Waals surface area contributed by atoms with Crippen LogP contribution >= 0.6 is 0 Å². The van der Waals surface area contributed by atoms with Gasteiger partial charge in [-0.2, -0.15) is 0 Å². The average Bonchev–Trinajstić information content (AvgIpc) is 2.56. The molecule has 0 aliphatic rings. The molecule has 0 unspecified atom stereocenters. The third-order valence-corrected chi connectivity index (χ3v) is 3.18. The summed E-state index contributed by atoms with van der Waals surface area (Å²) in [5, 5.41) is 14.5.